The standard InChI is InChI=1S/C13H18BrNO2S/c1-10-7-11(2)15(9-10)18(16,17)13-5-3-12(8-14)4-6-13/h3-6,10-11H,7-9H2,1-2H3. The molecule has 3 nitrogen and oxygen atoms in total. The van der Waals surface area contributed by atoms with Gasteiger partial charge >= 0.3 is 0 Å². The molecule has 1 aliphatic rings. The van der Waals surface area contributed by atoms with Crippen molar-refractivity contribution in [1.29, 1.82) is 0 Å². The first-order valence-corrected chi connectivity index (χ1v) is 8.68. The van der Waals surface area contributed by atoms with Crippen molar-refractivity contribution >= 4 is 26.0 Å². The molecule has 1 aromatic rings. The van der Waals surface area contributed by atoms with Gasteiger partial charge in [-0.2, -0.15) is 4.31 Å². The molecule has 1 aromatic carbocycles. The van der Waals surface area contributed by atoms with E-state index in [0.29, 0.717) is 17.4 Å². The lowest BCUT2D eigenvalue weighted by Gasteiger charge is -2.21. The lowest BCUT2D eigenvalue weighted by molar-refractivity contribution is 0.405. The lowest BCUT2D eigenvalue weighted by Crippen LogP contribution is -2.33. The highest BCUT2D eigenvalue weighted by atomic mass is 79.9. The summed E-state index contributed by atoms with van der Waals surface area (Å²) in [6.07, 6.45) is 0.943. The minimum Gasteiger partial charge on any atom is -0.207 e. The van der Waals surface area contributed by atoms with Crippen LogP contribution in [-0.2, 0) is 15.4 Å². The maximum Gasteiger partial charge on any atom is 0.243 e. The molecule has 18 heavy (non-hydrogen) atoms. The van der Waals surface area contributed by atoms with Gasteiger partial charge in [0.15, 0.2) is 0 Å². The van der Waals surface area contributed by atoms with Crippen LogP contribution in [0.5, 0.6) is 0 Å². The van der Waals surface area contributed by atoms with Gasteiger partial charge in [0, 0.05) is 17.9 Å². The Kier molecular flexibility index (Phi) is 4.14. The second-order valence-electron chi connectivity index (χ2n) is 5.04. The smallest absolute Gasteiger partial charge is 0.207 e. The maximum atomic E-state index is 12.5. The minimum atomic E-state index is -3.33. The number of sulfonamides is 1. The van der Waals surface area contributed by atoms with Crippen LogP contribution in [0.1, 0.15) is 25.8 Å². The molecule has 1 heterocycles. The zero-order valence-electron chi connectivity index (χ0n) is 10.6. The van der Waals surface area contributed by atoms with E-state index in [0.717, 1.165) is 17.3 Å². The Balaban J connectivity index is 2.30. The van der Waals surface area contributed by atoms with Crippen LogP contribution >= 0.6 is 15.9 Å². The van der Waals surface area contributed by atoms with Crippen LogP contribution in [0, 0.1) is 5.92 Å². The van der Waals surface area contributed by atoms with Crippen LogP contribution in [0.4, 0.5) is 0 Å². The Labute approximate surface area is 117 Å². The summed E-state index contributed by atoms with van der Waals surface area (Å²) in [4.78, 5) is 0.396. The molecule has 0 bridgehead atoms. The first-order valence-electron chi connectivity index (χ1n) is 6.12. The van der Waals surface area contributed by atoms with Gasteiger partial charge in [-0.15, -0.1) is 0 Å². The second-order valence-corrected chi connectivity index (χ2v) is 7.49. The summed E-state index contributed by atoms with van der Waals surface area (Å²) in [6, 6.07) is 7.20. The van der Waals surface area contributed by atoms with Gasteiger partial charge in [0.2, 0.25) is 10.0 Å². The Morgan fingerprint density at radius 1 is 1.28 bits per heavy atom. The van der Waals surface area contributed by atoms with Crippen molar-refractivity contribution in [3.8, 4) is 0 Å². The van der Waals surface area contributed by atoms with Crippen molar-refractivity contribution in [2.24, 2.45) is 5.92 Å². The molecule has 0 N–H and O–H groups in total. The van der Waals surface area contributed by atoms with E-state index in [1.165, 1.54) is 0 Å². The summed E-state index contributed by atoms with van der Waals surface area (Å²) >= 11 is 3.36. The normalized spacial score (nSPS) is 25.5. The second kappa shape index (κ2) is 5.31. The summed E-state index contributed by atoms with van der Waals surface area (Å²) in [6.45, 7) is 4.71. The van der Waals surface area contributed by atoms with E-state index in [1.807, 2.05) is 19.1 Å². The monoisotopic (exact) mass is 331 g/mol. The summed E-state index contributed by atoms with van der Waals surface area (Å²) in [7, 11) is -3.33. The Bertz CT molecular complexity index is 512. The fourth-order valence-corrected chi connectivity index (χ4v) is 4.62. The summed E-state index contributed by atoms with van der Waals surface area (Å²) in [5.74, 6) is 0.441. The van der Waals surface area contributed by atoms with Crippen molar-refractivity contribution in [2.75, 3.05) is 6.54 Å². The van der Waals surface area contributed by atoms with E-state index in [1.54, 1.807) is 16.4 Å². The van der Waals surface area contributed by atoms with E-state index in [9.17, 15) is 8.42 Å². The molecule has 0 aliphatic carbocycles. The quantitative estimate of drug-likeness (QED) is 0.798. The van der Waals surface area contributed by atoms with Crippen LogP contribution < -0.4 is 0 Å². The maximum absolute atomic E-state index is 12.5. The van der Waals surface area contributed by atoms with E-state index in [4.69, 9.17) is 0 Å². The fourth-order valence-electron chi connectivity index (χ4n) is 2.48. The van der Waals surface area contributed by atoms with Crippen LogP contribution in [-0.4, -0.2) is 25.3 Å². The molecule has 5 heteroatoms. The molecule has 2 rings (SSSR count). The highest BCUT2D eigenvalue weighted by Gasteiger charge is 2.35. The van der Waals surface area contributed by atoms with Gasteiger partial charge in [-0.3, -0.25) is 0 Å². The number of halogens is 1. The zero-order valence-corrected chi connectivity index (χ0v) is 13.0. The SMILES string of the molecule is CC1CC(C)N(S(=O)(=O)c2ccc(CBr)cc2)C1. The number of alkyl halides is 1. The van der Waals surface area contributed by atoms with Crippen molar-refractivity contribution < 1.29 is 8.42 Å². The summed E-state index contributed by atoms with van der Waals surface area (Å²) < 4.78 is 26.6. The molecule has 0 saturated carbocycles. The molecule has 1 fully saturated rings. The van der Waals surface area contributed by atoms with Crippen molar-refractivity contribution in [2.45, 2.75) is 36.5 Å². The van der Waals surface area contributed by atoms with Crippen LogP contribution in [0.15, 0.2) is 29.2 Å². The summed E-state index contributed by atoms with van der Waals surface area (Å²) in [5.41, 5.74) is 1.08. The number of hydrogen-bond donors (Lipinski definition) is 0. The van der Waals surface area contributed by atoms with E-state index < -0.39 is 10.0 Å². The molecular weight excluding hydrogens is 314 g/mol. The Hall–Kier alpha value is -0.390. The summed E-state index contributed by atoms with van der Waals surface area (Å²) in [5, 5.41) is 0.741. The fraction of sp³-hybridized carbons (Fsp3) is 0.538. The molecule has 0 spiro atoms. The number of rotatable bonds is 3. The molecule has 0 aromatic heterocycles. The molecule has 2 unspecified atom stereocenters. The highest BCUT2D eigenvalue weighted by molar-refractivity contribution is 9.08. The molecule has 0 radical (unpaired) electrons. The molecule has 1 aliphatic heterocycles. The first kappa shape index (κ1) is 14.0. The van der Waals surface area contributed by atoms with Crippen molar-refractivity contribution in [3.05, 3.63) is 29.8 Å². The van der Waals surface area contributed by atoms with Gasteiger partial charge in [0.1, 0.15) is 0 Å². The number of hydrogen-bond acceptors (Lipinski definition) is 2. The number of nitrogens with zero attached hydrogens (tertiary/aromatic N) is 1. The first-order chi connectivity index (χ1) is 8.45. The van der Waals surface area contributed by atoms with Crippen LogP contribution in [0.2, 0.25) is 0 Å². The number of benzene rings is 1. The molecule has 0 amide bonds. The van der Waals surface area contributed by atoms with E-state index in [2.05, 4.69) is 22.9 Å². The Morgan fingerprint density at radius 3 is 2.33 bits per heavy atom. The topological polar surface area (TPSA) is 37.4 Å². The van der Waals surface area contributed by atoms with Crippen LogP contribution in [0.25, 0.3) is 0 Å². The third-order valence-electron chi connectivity index (χ3n) is 3.41. The van der Waals surface area contributed by atoms with Gasteiger partial charge < -0.3 is 0 Å². The molecular formula is C13H18BrNO2S. The largest absolute Gasteiger partial charge is 0.243 e. The Morgan fingerprint density at radius 2 is 1.89 bits per heavy atom. The van der Waals surface area contributed by atoms with Crippen LogP contribution in [0.3, 0.4) is 0 Å². The van der Waals surface area contributed by atoms with Gasteiger partial charge in [-0.25, -0.2) is 8.42 Å². The van der Waals surface area contributed by atoms with Crippen molar-refractivity contribution in [1.82, 2.24) is 4.31 Å². The molecule has 100 valence electrons. The molecule has 2 atom stereocenters. The zero-order chi connectivity index (χ0) is 13.3. The van der Waals surface area contributed by atoms with Gasteiger partial charge in [-0.1, -0.05) is 35.0 Å². The molecule has 1 saturated heterocycles. The van der Waals surface area contributed by atoms with Gasteiger partial charge in [0.05, 0.1) is 4.90 Å². The van der Waals surface area contributed by atoms with Gasteiger partial charge in [0.25, 0.3) is 0 Å². The average Bonchev–Trinajstić information content (AvgIpc) is 2.69. The average molecular weight is 332 g/mol. The van der Waals surface area contributed by atoms with E-state index >= 15 is 0 Å². The highest BCUT2D eigenvalue weighted by Crippen LogP contribution is 2.29. The predicted octanol–water partition coefficient (Wildman–Crippen LogP) is 3.00. The minimum absolute atomic E-state index is 0.0980. The predicted molar refractivity (Wildman–Crippen MR) is 76.2 cm³/mol. The third-order valence-corrected chi connectivity index (χ3v) is 6.05. The lowest BCUT2D eigenvalue weighted by atomic mass is 10.1. The van der Waals surface area contributed by atoms with E-state index in [-0.39, 0.29) is 6.04 Å². The third kappa shape index (κ3) is 2.63. The van der Waals surface area contributed by atoms with Crippen molar-refractivity contribution in [3.63, 3.8) is 0 Å². The van der Waals surface area contributed by atoms with Gasteiger partial charge in [-0.05, 0) is 37.0 Å².